The first-order valence-electron chi connectivity index (χ1n) is 12.0. The van der Waals surface area contributed by atoms with Crippen molar-refractivity contribution < 1.29 is 23.9 Å². The number of rotatable bonds is 11. The molecule has 1 aliphatic heterocycles. The summed E-state index contributed by atoms with van der Waals surface area (Å²) in [6.45, 7) is 2.07. The van der Waals surface area contributed by atoms with E-state index in [0.29, 0.717) is 24.0 Å². The highest BCUT2D eigenvalue weighted by molar-refractivity contribution is 5.98. The van der Waals surface area contributed by atoms with E-state index in [2.05, 4.69) is 36.5 Å². The Morgan fingerprint density at radius 3 is 2.76 bits per heavy atom. The minimum absolute atomic E-state index is 0.0363. The number of fused-ring (bicyclic) bond motifs is 1. The van der Waals surface area contributed by atoms with E-state index in [-0.39, 0.29) is 19.8 Å². The molecule has 5 N–H and O–H groups in total. The number of aliphatic imine (C=N–C) groups is 1. The van der Waals surface area contributed by atoms with E-state index in [9.17, 15) is 14.4 Å². The van der Waals surface area contributed by atoms with Crippen LogP contribution in [0.3, 0.4) is 0 Å². The SMILES string of the molecule is O=C(NC(CNC(=O)c1ccc2cn[nH]c2c1)C(=O)OCCCNC1=NCCN1)OCc1ccccc1. The van der Waals surface area contributed by atoms with Crippen LogP contribution < -0.4 is 21.3 Å². The Morgan fingerprint density at radius 2 is 1.95 bits per heavy atom. The number of nitrogens with zero attached hydrogens (tertiary/aromatic N) is 2. The number of benzene rings is 2. The summed E-state index contributed by atoms with van der Waals surface area (Å²) in [5.74, 6) is -0.372. The van der Waals surface area contributed by atoms with Gasteiger partial charge in [-0.2, -0.15) is 5.10 Å². The average Bonchev–Trinajstić information content (AvgIpc) is 3.61. The molecule has 1 aromatic heterocycles. The number of aromatic nitrogens is 2. The lowest BCUT2D eigenvalue weighted by Gasteiger charge is -2.18. The number of carbonyl (C=O) groups is 3. The van der Waals surface area contributed by atoms with Crippen molar-refractivity contribution in [3.8, 4) is 0 Å². The van der Waals surface area contributed by atoms with Crippen LogP contribution in [0.1, 0.15) is 22.3 Å². The molecule has 37 heavy (non-hydrogen) atoms. The Labute approximate surface area is 213 Å². The largest absolute Gasteiger partial charge is 0.464 e. The van der Waals surface area contributed by atoms with Crippen molar-refractivity contribution in [3.63, 3.8) is 0 Å². The molecule has 1 unspecified atom stereocenters. The summed E-state index contributed by atoms with van der Waals surface area (Å²) in [5.41, 5.74) is 1.89. The predicted octanol–water partition coefficient (Wildman–Crippen LogP) is 1.07. The van der Waals surface area contributed by atoms with Crippen LogP contribution in [0.4, 0.5) is 4.79 Å². The van der Waals surface area contributed by atoms with Gasteiger partial charge in [-0.25, -0.2) is 9.59 Å². The van der Waals surface area contributed by atoms with Crippen molar-refractivity contribution >= 4 is 34.8 Å². The van der Waals surface area contributed by atoms with Crippen molar-refractivity contribution in [2.24, 2.45) is 4.99 Å². The molecular weight excluding hydrogens is 478 g/mol. The van der Waals surface area contributed by atoms with Crippen LogP contribution in [0, 0.1) is 0 Å². The van der Waals surface area contributed by atoms with E-state index in [4.69, 9.17) is 9.47 Å². The van der Waals surface area contributed by atoms with Crippen molar-refractivity contribution in [1.82, 2.24) is 31.5 Å². The maximum absolute atomic E-state index is 12.7. The normalized spacial score (nSPS) is 13.2. The number of carbonyl (C=O) groups excluding carboxylic acids is 3. The number of H-pyrrole nitrogens is 1. The van der Waals surface area contributed by atoms with Crippen molar-refractivity contribution in [2.45, 2.75) is 19.1 Å². The third kappa shape index (κ3) is 7.69. The maximum Gasteiger partial charge on any atom is 0.408 e. The smallest absolute Gasteiger partial charge is 0.408 e. The summed E-state index contributed by atoms with van der Waals surface area (Å²) in [5, 5.41) is 19.0. The van der Waals surface area contributed by atoms with Gasteiger partial charge in [-0.05, 0) is 24.1 Å². The number of esters is 1. The predicted molar refractivity (Wildman–Crippen MR) is 136 cm³/mol. The molecule has 4 rings (SSSR count). The number of guanidine groups is 1. The lowest BCUT2D eigenvalue weighted by Crippen LogP contribution is -2.49. The van der Waals surface area contributed by atoms with Crippen molar-refractivity contribution in [2.75, 3.05) is 32.8 Å². The molecule has 2 amide bonds. The fourth-order valence-electron chi connectivity index (χ4n) is 3.54. The molecule has 12 nitrogen and oxygen atoms in total. The monoisotopic (exact) mass is 507 g/mol. The van der Waals surface area contributed by atoms with E-state index in [1.807, 2.05) is 30.3 Å². The van der Waals surface area contributed by atoms with Gasteiger partial charge in [-0.1, -0.05) is 36.4 Å². The molecular formula is C25H29N7O5. The van der Waals surface area contributed by atoms with Gasteiger partial charge in [0.05, 0.1) is 24.9 Å². The third-order valence-electron chi connectivity index (χ3n) is 5.49. The van der Waals surface area contributed by atoms with E-state index in [0.717, 1.165) is 30.0 Å². The second kappa shape index (κ2) is 12.9. The van der Waals surface area contributed by atoms with Gasteiger partial charge in [0, 0.05) is 30.6 Å². The van der Waals surface area contributed by atoms with Gasteiger partial charge in [-0.15, -0.1) is 0 Å². The van der Waals surface area contributed by atoms with Crippen LogP contribution >= 0.6 is 0 Å². The number of nitrogens with one attached hydrogen (secondary N) is 5. The van der Waals surface area contributed by atoms with Crippen LogP contribution in [0.2, 0.25) is 0 Å². The summed E-state index contributed by atoms with van der Waals surface area (Å²) in [7, 11) is 0. The number of alkyl carbamates (subject to hydrolysis) is 1. The number of ether oxygens (including phenoxy) is 2. The number of hydrogen-bond donors (Lipinski definition) is 5. The second-order valence-corrected chi connectivity index (χ2v) is 8.25. The minimum Gasteiger partial charge on any atom is -0.464 e. The van der Waals surface area contributed by atoms with Crippen LogP contribution in [0.25, 0.3) is 10.9 Å². The maximum atomic E-state index is 12.7. The van der Waals surface area contributed by atoms with Crippen LogP contribution in [0.5, 0.6) is 0 Å². The topological polar surface area (TPSA) is 159 Å². The van der Waals surface area contributed by atoms with E-state index >= 15 is 0 Å². The van der Waals surface area contributed by atoms with E-state index in [1.165, 1.54) is 0 Å². The van der Waals surface area contributed by atoms with Gasteiger partial charge in [0.2, 0.25) is 0 Å². The number of aromatic amines is 1. The molecule has 0 spiro atoms. The molecule has 0 saturated carbocycles. The Bertz CT molecular complexity index is 1240. The quantitative estimate of drug-likeness (QED) is 0.190. The standard InChI is InChI=1S/C25H29N7O5/c33-22(18-7-8-19-14-30-32-20(19)13-18)29-15-21(31-25(35)37-16-17-5-2-1-3-6-17)23(34)36-12-4-9-26-24-27-10-11-28-24/h1-3,5-8,13-14,21H,4,9-12,15-16H2,(H,29,33)(H,30,32)(H,31,35)(H2,26,27,28). The first kappa shape index (κ1) is 25.5. The molecule has 1 atom stereocenters. The molecule has 0 radical (unpaired) electrons. The van der Waals surface area contributed by atoms with Crippen LogP contribution in [-0.4, -0.2) is 73.0 Å². The van der Waals surface area contributed by atoms with Gasteiger partial charge in [0.15, 0.2) is 5.96 Å². The highest BCUT2D eigenvalue weighted by Crippen LogP contribution is 2.12. The summed E-state index contributed by atoms with van der Waals surface area (Å²) in [6, 6.07) is 13.1. The molecule has 1 aliphatic rings. The Balaban J connectivity index is 1.29. The first-order valence-corrected chi connectivity index (χ1v) is 12.0. The highest BCUT2D eigenvalue weighted by atomic mass is 16.6. The molecule has 0 fully saturated rings. The van der Waals surface area contributed by atoms with E-state index < -0.39 is 24.0 Å². The van der Waals surface area contributed by atoms with Gasteiger partial charge >= 0.3 is 12.1 Å². The molecule has 2 aromatic carbocycles. The average molecular weight is 508 g/mol. The van der Waals surface area contributed by atoms with E-state index in [1.54, 1.807) is 24.4 Å². The number of amides is 2. The minimum atomic E-state index is -1.14. The Hall–Kier alpha value is -4.61. The zero-order chi connectivity index (χ0) is 25.9. The molecule has 0 aliphatic carbocycles. The van der Waals surface area contributed by atoms with Gasteiger partial charge in [-0.3, -0.25) is 14.9 Å². The summed E-state index contributed by atoms with van der Waals surface area (Å²) >= 11 is 0. The molecule has 0 saturated heterocycles. The summed E-state index contributed by atoms with van der Waals surface area (Å²) < 4.78 is 10.6. The highest BCUT2D eigenvalue weighted by Gasteiger charge is 2.24. The summed E-state index contributed by atoms with van der Waals surface area (Å²) in [4.78, 5) is 42.1. The Kier molecular flexibility index (Phi) is 8.89. The van der Waals surface area contributed by atoms with Gasteiger partial charge in [0.1, 0.15) is 12.6 Å². The molecule has 12 heteroatoms. The first-order chi connectivity index (χ1) is 18.1. The van der Waals surface area contributed by atoms with Gasteiger partial charge < -0.3 is 30.7 Å². The lowest BCUT2D eigenvalue weighted by atomic mass is 10.1. The lowest BCUT2D eigenvalue weighted by molar-refractivity contribution is -0.145. The second-order valence-electron chi connectivity index (χ2n) is 8.25. The van der Waals surface area contributed by atoms with Crippen LogP contribution in [-0.2, 0) is 20.9 Å². The Morgan fingerprint density at radius 1 is 1.08 bits per heavy atom. The third-order valence-corrected chi connectivity index (χ3v) is 5.49. The van der Waals surface area contributed by atoms with Crippen molar-refractivity contribution in [3.05, 3.63) is 65.9 Å². The molecule has 194 valence electrons. The fourth-order valence-corrected chi connectivity index (χ4v) is 3.54. The molecule has 2 heterocycles. The van der Waals surface area contributed by atoms with Gasteiger partial charge in [0.25, 0.3) is 5.91 Å². The molecule has 3 aromatic rings. The van der Waals surface area contributed by atoms with Crippen LogP contribution in [0.15, 0.2) is 59.7 Å². The zero-order valence-corrected chi connectivity index (χ0v) is 20.2. The fraction of sp³-hybridized carbons (Fsp3) is 0.320. The summed E-state index contributed by atoms with van der Waals surface area (Å²) in [6.07, 6.45) is 1.39. The zero-order valence-electron chi connectivity index (χ0n) is 20.2. The van der Waals surface area contributed by atoms with Crippen molar-refractivity contribution in [1.29, 1.82) is 0 Å². The molecule has 0 bridgehead atoms. The number of hydrogen-bond acceptors (Lipinski definition) is 9.